The lowest BCUT2D eigenvalue weighted by molar-refractivity contribution is -0.120. The van der Waals surface area contributed by atoms with E-state index in [1.54, 1.807) is 0 Å². The Morgan fingerprint density at radius 3 is 2.78 bits per heavy atom. The molecule has 3 rings (SSSR count). The summed E-state index contributed by atoms with van der Waals surface area (Å²) in [6, 6.07) is 8.06. The van der Waals surface area contributed by atoms with Crippen molar-refractivity contribution < 1.29 is 4.79 Å². The van der Waals surface area contributed by atoms with Crippen LogP contribution in [0, 0.1) is 12.8 Å². The first-order valence-electron chi connectivity index (χ1n) is 7.38. The fraction of sp³-hybridized carbons (Fsp3) is 0.375. The van der Waals surface area contributed by atoms with Gasteiger partial charge in [0, 0.05) is 21.5 Å². The van der Waals surface area contributed by atoms with Crippen molar-refractivity contribution >= 4 is 50.7 Å². The highest BCUT2D eigenvalue weighted by Crippen LogP contribution is 2.31. The predicted octanol–water partition coefficient (Wildman–Crippen LogP) is 4.24. The lowest BCUT2D eigenvalue weighted by Gasteiger charge is -2.21. The van der Waals surface area contributed by atoms with Crippen molar-refractivity contribution in [2.75, 3.05) is 18.4 Å². The van der Waals surface area contributed by atoms with Gasteiger partial charge in [-0.15, -0.1) is 23.7 Å². The monoisotopic (exact) mass is 415 g/mol. The van der Waals surface area contributed by atoms with Crippen molar-refractivity contribution in [2.24, 2.45) is 5.92 Å². The molecule has 1 aliphatic heterocycles. The molecule has 2 N–H and O–H groups in total. The third-order valence-electron chi connectivity index (χ3n) is 3.81. The Morgan fingerprint density at radius 2 is 2.13 bits per heavy atom. The number of rotatable bonds is 3. The highest BCUT2D eigenvalue weighted by Gasteiger charge is 2.22. The number of aromatic nitrogens is 1. The van der Waals surface area contributed by atoms with Crippen LogP contribution in [-0.2, 0) is 4.79 Å². The lowest BCUT2D eigenvalue weighted by atomic mass is 9.99. The number of halogens is 2. The maximum absolute atomic E-state index is 12.3. The maximum Gasteiger partial charge on any atom is 0.230 e. The SMILES string of the molecule is Cc1sc(NC(=O)C2CCCNC2)nc1-c1ccc(Br)cc1.Cl. The van der Waals surface area contributed by atoms with Crippen LogP contribution in [0.25, 0.3) is 11.3 Å². The van der Waals surface area contributed by atoms with Crippen molar-refractivity contribution in [1.82, 2.24) is 10.3 Å². The largest absolute Gasteiger partial charge is 0.316 e. The van der Waals surface area contributed by atoms with Crippen LogP contribution in [0.1, 0.15) is 17.7 Å². The topological polar surface area (TPSA) is 54.0 Å². The number of amides is 1. The molecule has 7 heteroatoms. The zero-order valence-electron chi connectivity index (χ0n) is 12.8. The summed E-state index contributed by atoms with van der Waals surface area (Å²) in [4.78, 5) is 18.0. The average Bonchev–Trinajstić information content (AvgIpc) is 2.89. The molecule has 1 aliphatic rings. The molecular formula is C16H19BrClN3OS. The standard InChI is InChI=1S/C16H18BrN3OS.ClH/c1-10-14(11-4-6-13(17)7-5-11)19-16(22-10)20-15(21)12-3-2-8-18-9-12;/h4-7,12,18H,2-3,8-9H2,1H3,(H,19,20,21);1H. The summed E-state index contributed by atoms with van der Waals surface area (Å²) < 4.78 is 1.04. The summed E-state index contributed by atoms with van der Waals surface area (Å²) in [5.41, 5.74) is 2.01. The zero-order valence-corrected chi connectivity index (χ0v) is 16.0. The number of hydrogen-bond acceptors (Lipinski definition) is 4. The van der Waals surface area contributed by atoms with Gasteiger partial charge in [0.2, 0.25) is 5.91 Å². The van der Waals surface area contributed by atoms with E-state index in [4.69, 9.17) is 0 Å². The number of carbonyl (C=O) groups excluding carboxylic acids is 1. The van der Waals surface area contributed by atoms with E-state index in [0.29, 0.717) is 5.13 Å². The third kappa shape index (κ3) is 4.53. The van der Waals surface area contributed by atoms with Gasteiger partial charge in [0.05, 0.1) is 11.6 Å². The van der Waals surface area contributed by atoms with Crippen molar-refractivity contribution in [3.63, 3.8) is 0 Å². The molecule has 0 bridgehead atoms. The Morgan fingerprint density at radius 1 is 1.39 bits per heavy atom. The van der Waals surface area contributed by atoms with Crippen LogP contribution >= 0.6 is 39.7 Å². The Bertz CT molecular complexity index is 668. The van der Waals surface area contributed by atoms with Crippen LogP contribution in [0.4, 0.5) is 5.13 Å². The van der Waals surface area contributed by atoms with Gasteiger partial charge in [-0.05, 0) is 38.4 Å². The number of nitrogens with zero attached hydrogens (tertiary/aromatic N) is 1. The van der Waals surface area contributed by atoms with E-state index in [0.717, 1.165) is 46.5 Å². The van der Waals surface area contributed by atoms with Crippen LogP contribution in [0.2, 0.25) is 0 Å². The Balaban J connectivity index is 0.00000192. The first-order chi connectivity index (χ1) is 10.6. The van der Waals surface area contributed by atoms with Crippen molar-refractivity contribution in [1.29, 1.82) is 0 Å². The van der Waals surface area contributed by atoms with Crippen molar-refractivity contribution in [2.45, 2.75) is 19.8 Å². The van der Waals surface area contributed by atoms with Gasteiger partial charge in [-0.2, -0.15) is 0 Å². The van der Waals surface area contributed by atoms with Crippen LogP contribution in [0.5, 0.6) is 0 Å². The first kappa shape index (κ1) is 18.4. The van der Waals surface area contributed by atoms with Crippen molar-refractivity contribution in [3.05, 3.63) is 33.6 Å². The van der Waals surface area contributed by atoms with E-state index in [1.807, 2.05) is 31.2 Å². The second-order valence-corrected chi connectivity index (χ2v) is 7.58. The van der Waals surface area contributed by atoms with E-state index in [2.05, 4.69) is 31.5 Å². The van der Waals surface area contributed by atoms with Gasteiger partial charge in [-0.1, -0.05) is 28.1 Å². The molecule has 1 aromatic carbocycles. The number of aryl methyl sites for hydroxylation is 1. The molecule has 4 nitrogen and oxygen atoms in total. The van der Waals surface area contributed by atoms with Crippen LogP contribution < -0.4 is 10.6 Å². The number of hydrogen-bond donors (Lipinski definition) is 2. The van der Waals surface area contributed by atoms with Gasteiger partial charge >= 0.3 is 0 Å². The predicted molar refractivity (Wildman–Crippen MR) is 101 cm³/mol. The lowest BCUT2D eigenvalue weighted by Crippen LogP contribution is -2.37. The van der Waals surface area contributed by atoms with Gasteiger partial charge in [-0.25, -0.2) is 4.98 Å². The van der Waals surface area contributed by atoms with E-state index in [-0.39, 0.29) is 24.2 Å². The molecule has 1 amide bonds. The van der Waals surface area contributed by atoms with Crippen LogP contribution in [0.15, 0.2) is 28.7 Å². The summed E-state index contributed by atoms with van der Waals surface area (Å²) in [6.45, 7) is 3.80. The Hall–Kier alpha value is -0.950. The second kappa shape index (κ2) is 8.24. The molecule has 1 unspecified atom stereocenters. The number of anilines is 1. The highest BCUT2D eigenvalue weighted by atomic mass is 79.9. The van der Waals surface area contributed by atoms with Gasteiger partial charge < -0.3 is 10.6 Å². The van der Waals surface area contributed by atoms with Gasteiger partial charge in [0.1, 0.15) is 0 Å². The summed E-state index contributed by atoms with van der Waals surface area (Å²) in [6.07, 6.45) is 2.00. The second-order valence-electron chi connectivity index (χ2n) is 5.46. The molecule has 1 atom stereocenters. The Labute approximate surface area is 154 Å². The normalized spacial score (nSPS) is 17.4. The Kier molecular flexibility index (Phi) is 6.59. The van der Waals surface area contributed by atoms with Gasteiger partial charge in [-0.3, -0.25) is 4.79 Å². The van der Waals surface area contributed by atoms with Gasteiger partial charge in [0.15, 0.2) is 5.13 Å². The molecule has 1 fully saturated rings. The molecular weight excluding hydrogens is 398 g/mol. The minimum atomic E-state index is 0. The van der Waals surface area contributed by atoms with E-state index < -0.39 is 0 Å². The molecule has 1 saturated heterocycles. The van der Waals surface area contributed by atoms with E-state index in [9.17, 15) is 4.79 Å². The van der Waals surface area contributed by atoms with E-state index in [1.165, 1.54) is 11.3 Å². The molecule has 0 spiro atoms. The van der Waals surface area contributed by atoms with Crippen molar-refractivity contribution in [3.8, 4) is 11.3 Å². The number of benzene rings is 1. The minimum absolute atomic E-state index is 0. The summed E-state index contributed by atoms with van der Waals surface area (Å²) in [5.74, 6) is 0.123. The number of nitrogens with one attached hydrogen (secondary N) is 2. The first-order valence-corrected chi connectivity index (χ1v) is 8.99. The highest BCUT2D eigenvalue weighted by molar-refractivity contribution is 9.10. The molecule has 124 valence electrons. The summed E-state index contributed by atoms with van der Waals surface area (Å²) in [5, 5.41) is 6.93. The van der Waals surface area contributed by atoms with Crippen LogP contribution in [-0.4, -0.2) is 24.0 Å². The molecule has 0 radical (unpaired) electrons. The minimum Gasteiger partial charge on any atom is -0.316 e. The molecule has 2 heterocycles. The van der Waals surface area contributed by atoms with E-state index >= 15 is 0 Å². The quantitative estimate of drug-likeness (QED) is 0.787. The zero-order chi connectivity index (χ0) is 15.5. The number of piperidine rings is 1. The maximum atomic E-state index is 12.3. The molecule has 23 heavy (non-hydrogen) atoms. The number of thiazole rings is 1. The third-order valence-corrected chi connectivity index (χ3v) is 5.23. The average molecular weight is 417 g/mol. The molecule has 1 aromatic heterocycles. The molecule has 0 saturated carbocycles. The fourth-order valence-corrected chi connectivity index (χ4v) is 3.71. The van der Waals surface area contributed by atoms with Gasteiger partial charge in [0.25, 0.3) is 0 Å². The number of carbonyl (C=O) groups is 1. The summed E-state index contributed by atoms with van der Waals surface area (Å²) >= 11 is 4.97. The summed E-state index contributed by atoms with van der Waals surface area (Å²) in [7, 11) is 0. The smallest absolute Gasteiger partial charge is 0.230 e. The molecule has 0 aliphatic carbocycles. The van der Waals surface area contributed by atoms with Crippen LogP contribution in [0.3, 0.4) is 0 Å². The fourth-order valence-electron chi connectivity index (χ4n) is 2.61. The molecule has 2 aromatic rings.